The van der Waals surface area contributed by atoms with Gasteiger partial charge in [0.05, 0.1) is 16.6 Å². The lowest BCUT2D eigenvalue weighted by molar-refractivity contribution is 0.668. The number of anilines is 3. The molecule has 4 heterocycles. The molecular weight excluding hydrogens is 709 g/mol. The third-order valence-corrected chi connectivity index (χ3v) is 12.1. The summed E-state index contributed by atoms with van der Waals surface area (Å²) in [4.78, 5) is 2.37. The van der Waals surface area contributed by atoms with E-state index in [1.54, 1.807) is 0 Å². The van der Waals surface area contributed by atoms with Crippen molar-refractivity contribution in [1.82, 2.24) is 4.40 Å². The van der Waals surface area contributed by atoms with Gasteiger partial charge in [-0.05, 0) is 107 Å². The fourth-order valence-electron chi connectivity index (χ4n) is 9.42. The highest BCUT2D eigenvalue weighted by Gasteiger charge is 2.20. The van der Waals surface area contributed by atoms with Crippen LogP contribution in [0.4, 0.5) is 17.1 Å². The molecule has 0 fully saturated rings. The number of rotatable bonds is 5. The number of fused-ring (bicyclic) bond motifs is 12. The van der Waals surface area contributed by atoms with Crippen molar-refractivity contribution in [3.05, 3.63) is 194 Å². The average Bonchev–Trinajstić information content (AvgIpc) is 4.03. The first-order valence-electron chi connectivity index (χ1n) is 19.7. The summed E-state index contributed by atoms with van der Waals surface area (Å²) in [5.74, 6) is 0. The lowest BCUT2D eigenvalue weighted by Gasteiger charge is -2.26. The first-order valence-corrected chi connectivity index (χ1v) is 19.7. The van der Waals surface area contributed by atoms with Crippen molar-refractivity contribution in [2.24, 2.45) is 0 Å². The van der Waals surface area contributed by atoms with Crippen molar-refractivity contribution >= 4 is 99.0 Å². The van der Waals surface area contributed by atoms with Crippen molar-refractivity contribution in [3.63, 3.8) is 0 Å². The van der Waals surface area contributed by atoms with Crippen LogP contribution < -0.4 is 4.90 Å². The van der Waals surface area contributed by atoms with E-state index >= 15 is 0 Å². The maximum absolute atomic E-state index is 6.25. The zero-order valence-corrected chi connectivity index (χ0v) is 31.2. The molecule has 0 bridgehead atoms. The average molecular weight is 741 g/mol. The number of hydrogen-bond donors (Lipinski definition) is 0. The summed E-state index contributed by atoms with van der Waals surface area (Å²) < 4.78 is 14.9. The highest BCUT2D eigenvalue weighted by molar-refractivity contribution is 6.23. The molecule has 0 radical (unpaired) electrons. The van der Waals surface area contributed by atoms with Gasteiger partial charge in [0.2, 0.25) is 0 Å². The van der Waals surface area contributed by atoms with Crippen molar-refractivity contribution < 1.29 is 8.83 Å². The van der Waals surface area contributed by atoms with Gasteiger partial charge in [0, 0.05) is 60.2 Å². The van der Waals surface area contributed by atoms with Crippen LogP contribution in [-0.2, 0) is 0 Å². The van der Waals surface area contributed by atoms with Crippen LogP contribution in [-0.4, -0.2) is 4.40 Å². The summed E-state index contributed by atoms with van der Waals surface area (Å²) in [6, 6.07) is 69.6. The molecule has 0 aliphatic heterocycles. The molecule has 4 heteroatoms. The second-order valence-corrected chi connectivity index (χ2v) is 15.3. The van der Waals surface area contributed by atoms with Crippen molar-refractivity contribution in [1.29, 1.82) is 0 Å². The minimum absolute atomic E-state index is 0.898. The van der Waals surface area contributed by atoms with Gasteiger partial charge in [-0.1, -0.05) is 109 Å². The molecule has 0 aliphatic rings. The van der Waals surface area contributed by atoms with Crippen molar-refractivity contribution in [3.8, 4) is 22.3 Å². The molecule has 0 atom stereocenters. The quantitative estimate of drug-likeness (QED) is 0.176. The summed E-state index contributed by atoms with van der Waals surface area (Å²) in [6.45, 7) is 0. The van der Waals surface area contributed by atoms with E-state index in [-0.39, 0.29) is 0 Å². The number of hydrogen-bond acceptors (Lipinski definition) is 3. The Kier molecular flexibility index (Phi) is 6.41. The zero-order valence-electron chi connectivity index (χ0n) is 31.2. The number of furan rings is 2. The predicted octanol–water partition coefficient (Wildman–Crippen LogP) is 15.4. The number of para-hydroxylation sites is 4. The van der Waals surface area contributed by atoms with Crippen molar-refractivity contribution in [2.75, 3.05) is 4.90 Å². The molecule has 0 aliphatic carbocycles. The van der Waals surface area contributed by atoms with Crippen molar-refractivity contribution in [2.45, 2.75) is 0 Å². The second-order valence-electron chi connectivity index (χ2n) is 15.3. The van der Waals surface area contributed by atoms with Gasteiger partial charge in [-0.15, -0.1) is 0 Å². The molecule has 270 valence electrons. The second kappa shape index (κ2) is 11.8. The number of benzene rings is 9. The molecule has 13 aromatic rings. The lowest BCUT2D eigenvalue weighted by Crippen LogP contribution is -2.09. The van der Waals surface area contributed by atoms with E-state index in [4.69, 9.17) is 8.83 Å². The molecule has 0 amide bonds. The van der Waals surface area contributed by atoms with Crippen LogP contribution in [0.25, 0.3) is 104 Å². The summed E-state index contributed by atoms with van der Waals surface area (Å²) in [5.41, 5.74) is 15.1. The highest BCUT2D eigenvalue weighted by Crippen LogP contribution is 2.43. The van der Waals surface area contributed by atoms with Gasteiger partial charge < -0.3 is 18.1 Å². The minimum Gasteiger partial charge on any atom is -0.456 e. The zero-order chi connectivity index (χ0) is 37.9. The molecule has 13 rings (SSSR count). The summed E-state index contributed by atoms with van der Waals surface area (Å²) >= 11 is 0. The van der Waals surface area contributed by atoms with Gasteiger partial charge in [0.25, 0.3) is 0 Å². The normalized spacial score (nSPS) is 12.1. The molecule has 58 heavy (non-hydrogen) atoms. The molecule has 4 aromatic heterocycles. The molecule has 0 spiro atoms. The summed E-state index contributed by atoms with van der Waals surface area (Å²) in [6.07, 6.45) is 0. The Morgan fingerprint density at radius 1 is 0.293 bits per heavy atom. The molecular formula is C54H32N2O2. The molecule has 0 saturated carbocycles. The van der Waals surface area contributed by atoms with E-state index in [2.05, 4.69) is 179 Å². The van der Waals surface area contributed by atoms with E-state index in [0.29, 0.717) is 0 Å². The SMILES string of the molecule is c1ccc2c(c1)oc1cc(-c3ccc(N(c4ccc(-c5ccc6c(c5)oc5ccccc56)cc4)c4ccc5c(c4)c4cccc6c7ccccc7n5c64)cc3)ccc12. The monoisotopic (exact) mass is 740 g/mol. The van der Waals surface area contributed by atoms with Crippen LogP contribution in [0, 0.1) is 0 Å². The van der Waals surface area contributed by atoms with Gasteiger partial charge in [0.15, 0.2) is 0 Å². The maximum Gasteiger partial charge on any atom is 0.136 e. The van der Waals surface area contributed by atoms with E-state index in [9.17, 15) is 0 Å². The number of nitrogens with zero attached hydrogens (tertiary/aromatic N) is 2. The van der Waals surface area contributed by atoms with E-state index in [0.717, 1.165) is 83.2 Å². The third-order valence-electron chi connectivity index (χ3n) is 12.1. The Morgan fingerprint density at radius 2 is 0.741 bits per heavy atom. The molecule has 0 N–H and O–H groups in total. The summed E-state index contributed by atoms with van der Waals surface area (Å²) in [5, 5.41) is 9.62. The van der Waals surface area contributed by atoms with Crippen LogP contribution in [0.2, 0.25) is 0 Å². The largest absolute Gasteiger partial charge is 0.456 e. The van der Waals surface area contributed by atoms with Gasteiger partial charge in [0.1, 0.15) is 22.3 Å². The van der Waals surface area contributed by atoms with Gasteiger partial charge in [-0.2, -0.15) is 0 Å². The third kappa shape index (κ3) is 4.51. The Hall–Kier alpha value is -7.82. The summed E-state index contributed by atoms with van der Waals surface area (Å²) in [7, 11) is 0. The molecule has 4 nitrogen and oxygen atoms in total. The predicted molar refractivity (Wildman–Crippen MR) is 241 cm³/mol. The number of aromatic nitrogens is 1. The highest BCUT2D eigenvalue weighted by atomic mass is 16.3. The molecule has 0 unspecified atom stereocenters. The smallest absolute Gasteiger partial charge is 0.136 e. The Labute approximate surface area is 332 Å². The fourth-order valence-corrected chi connectivity index (χ4v) is 9.42. The molecule has 9 aromatic carbocycles. The fraction of sp³-hybridized carbons (Fsp3) is 0. The topological polar surface area (TPSA) is 33.9 Å². The Morgan fingerprint density at radius 3 is 1.34 bits per heavy atom. The lowest BCUT2D eigenvalue weighted by atomic mass is 10.0. The van der Waals surface area contributed by atoms with Gasteiger partial charge in [-0.3, -0.25) is 0 Å². The minimum atomic E-state index is 0.898. The molecule has 0 saturated heterocycles. The first-order chi connectivity index (χ1) is 28.7. The van der Waals surface area contributed by atoms with Crippen LogP contribution in [0.15, 0.2) is 203 Å². The maximum atomic E-state index is 6.25. The van der Waals surface area contributed by atoms with Crippen LogP contribution in [0.3, 0.4) is 0 Å². The van der Waals surface area contributed by atoms with Crippen LogP contribution in [0.5, 0.6) is 0 Å². The van der Waals surface area contributed by atoms with Gasteiger partial charge in [-0.25, -0.2) is 0 Å². The Bertz CT molecular complexity index is 3580. The van der Waals surface area contributed by atoms with Gasteiger partial charge >= 0.3 is 0 Å². The first kappa shape index (κ1) is 31.4. The van der Waals surface area contributed by atoms with E-state index in [1.807, 2.05) is 24.3 Å². The van der Waals surface area contributed by atoms with E-state index < -0.39 is 0 Å². The van der Waals surface area contributed by atoms with Crippen LogP contribution >= 0.6 is 0 Å². The standard InChI is InChI=1S/C54H32N2O2/c1-4-13-48-40(8-1)45-11-7-12-46-47-32-39(26-29-49(47)56(48)54(45)46)55(37-22-16-33(17-23-37)35-20-27-43-41-9-2-5-14-50(41)57-52(43)30-35)38-24-18-34(19-25-38)36-21-28-44-42-10-3-6-15-51(42)58-53(44)31-36/h1-32H. The van der Waals surface area contributed by atoms with E-state index in [1.165, 1.54) is 38.1 Å². The Balaban J connectivity index is 0.940. The van der Waals surface area contributed by atoms with Crippen LogP contribution in [0.1, 0.15) is 0 Å².